The molecule has 52 heavy (non-hydrogen) atoms. The highest BCUT2D eigenvalue weighted by Crippen LogP contribution is 2.40. The molecule has 0 bridgehead atoms. The van der Waals surface area contributed by atoms with Gasteiger partial charge in [-0.15, -0.1) is 22.7 Å². The van der Waals surface area contributed by atoms with E-state index in [1.54, 1.807) is 66.9 Å². The first-order chi connectivity index (χ1) is 25.4. The monoisotopic (exact) mass is 738 g/mol. The van der Waals surface area contributed by atoms with E-state index in [2.05, 4.69) is 20.2 Å². The number of methoxy groups -OCH3 is 6. The SMILES string of the molecule is COc1cc(/C(=N/N)c2csc(-c3ccccc3)n2)cc(OC)c1OC.COc1cc(/C(=N\N)c2csc(-c3ccccc3)n2)cc(OC)c1OC. The maximum absolute atomic E-state index is 5.68. The number of nitrogens with zero attached hydrogens (tertiary/aromatic N) is 4. The summed E-state index contributed by atoms with van der Waals surface area (Å²) in [6.45, 7) is 0. The first kappa shape index (κ1) is 37.1. The van der Waals surface area contributed by atoms with Crippen LogP contribution in [0.2, 0.25) is 0 Å². The minimum absolute atomic E-state index is 0.512. The molecule has 4 aromatic carbocycles. The van der Waals surface area contributed by atoms with Gasteiger partial charge < -0.3 is 40.1 Å². The van der Waals surface area contributed by atoms with Crippen LogP contribution in [0.5, 0.6) is 34.5 Å². The average molecular weight is 739 g/mol. The van der Waals surface area contributed by atoms with Gasteiger partial charge >= 0.3 is 0 Å². The Morgan fingerprint density at radius 3 is 1.10 bits per heavy atom. The van der Waals surface area contributed by atoms with Crippen LogP contribution >= 0.6 is 22.7 Å². The van der Waals surface area contributed by atoms with Crippen molar-refractivity contribution < 1.29 is 28.4 Å². The molecule has 12 nitrogen and oxygen atoms in total. The van der Waals surface area contributed by atoms with Crippen LogP contribution in [0.15, 0.2) is 106 Å². The van der Waals surface area contributed by atoms with Crippen LogP contribution in [0, 0.1) is 0 Å². The summed E-state index contributed by atoms with van der Waals surface area (Å²) in [5.41, 5.74) is 6.01. The zero-order valence-corrected chi connectivity index (χ0v) is 31.1. The molecular weight excluding hydrogens is 701 g/mol. The number of hydrogen-bond donors (Lipinski definition) is 2. The standard InChI is InChI=1S/2C19H19N3O3S/c2*1-23-15-9-13(10-16(24-2)18(15)25-3)17(22-20)14-11-26-19(21-14)12-7-5-4-6-8-12/h2*4-11H,20H2,1-3H3/b22-17+;22-17-. The maximum atomic E-state index is 5.68. The molecule has 0 saturated carbocycles. The van der Waals surface area contributed by atoms with Gasteiger partial charge in [0.1, 0.15) is 32.8 Å². The molecule has 0 unspecified atom stereocenters. The van der Waals surface area contributed by atoms with Gasteiger partial charge in [0.25, 0.3) is 0 Å². The fourth-order valence-corrected chi connectivity index (χ4v) is 6.83. The summed E-state index contributed by atoms with van der Waals surface area (Å²) in [5.74, 6) is 14.5. The Morgan fingerprint density at radius 1 is 0.500 bits per heavy atom. The molecule has 4 N–H and O–H groups in total. The summed E-state index contributed by atoms with van der Waals surface area (Å²) in [6.07, 6.45) is 0. The van der Waals surface area contributed by atoms with Crippen molar-refractivity contribution in [3.05, 3.63) is 118 Å². The van der Waals surface area contributed by atoms with E-state index < -0.39 is 0 Å². The van der Waals surface area contributed by atoms with Crippen molar-refractivity contribution in [1.29, 1.82) is 0 Å². The van der Waals surface area contributed by atoms with Crippen LogP contribution in [0.3, 0.4) is 0 Å². The lowest BCUT2D eigenvalue weighted by atomic mass is 10.1. The van der Waals surface area contributed by atoms with Crippen molar-refractivity contribution in [3.8, 4) is 55.6 Å². The van der Waals surface area contributed by atoms with Gasteiger partial charge in [0, 0.05) is 33.0 Å². The zero-order valence-electron chi connectivity index (χ0n) is 29.4. The summed E-state index contributed by atoms with van der Waals surface area (Å²) >= 11 is 3.07. The Balaban J connectivity index is 0.000000201. The Kier molecular flexibility index (Phi) is 12.6. The Morgan fingerprint density at radius 2 is 0.827 bits per heavy atom. The number of ether oxygens (including phenoxy) is 6. The predicted octanol–water partition coefficient (Wildman–Crippen LogP) is 7.09. The minimum atomic E-state index is 0.512. The number of aromatic nitrogens is 2. The topological polar surface area (TPSA) is 158 Å². The van der Waals surface area contributed by atoms with Gasteiger partial charge in [-0.1, -0.05) is 60.7 Å². The molecule has 0 amide bonds. The van der Waals surface area contributed by atoms with E-state index in [0.29, 0.717) is 57.3 Å². The molecule has 0 aliphatic carbocycles. The number of nitrogens with two attached hydrogens (primary N) is 2. The Labute approximate surface area is 309 Å². The van der Waals surface area contributed by atoms with E-state index >= 15 is 0 Å². The Bertz CT molecular complexity index is 1950. The molecule has 268 valence electrons. The van der Waals surface area contributed by atoms with E-state index in [-0.39, 0.29) is 0 Å². The van der Waals surface area contributed by atoms with Crippen LogP contribution in [0.4, 0.5) is 0 Å². The number of hydrogen-bond acceptors (Lipinski definition) is 14. The lowest BCUT2D eigenvalue weighted by molar-refractivity contribution is 0.324. The van der Waals surface area contributed by atoms with E-state index in [1.807, 2.05) is 71.4 Å². The van der Waals surface area contributed by atoms with Gasteiger partial charge in [-0.05, 0) is 24.3 Å². The van der Waals surface area contributed by atoms with Gasteiger partial charge in [-0.2, -0.15) is 10.2 Å². The first-order valence-corrected chi connectivity index (χ1v) is 17.4. The number of thiazole rings is 2. The van der Waals surface area contributed by atoms with Gasteiger partial charge in [0.05, 0.1) is 42.7 Å². The van der Waals surface area contributed by atoms with Gasteiger partial charge in [0.15, 0.2) is 23.0 Å². The fraction of sp³-hybridized carbons (Fsp3) is 0.158. The largest absolute Gasteiger partial charge is 0.493 e. The van der Waals surface area contributed by atoms with Crippen LogP contribution in [0.25, 0.3) is 21.1 Å². The summed E-state index contributed by atoms with van der Waals surface area (Å²) in [4.78, 5) is 9.35. The van der Waals surface area contributed by atoms with Crippen LogP contribution < -0.4 is 40.1 Å². The van der Waals surface area contributed by atoms with Crippen molar-refractivity contribution in [2.45, 2.75) is 0 Å². The highest BCUT2D eigenvalue weighted by atomic mass is 32.1. The quantitative estimate of drug-likeness (QED) is 0.0754. The number of hydrazone groups is 2. The normalized spacial score (nSPS) is 11.3. The van der Waals surface area contributed by atoms with Crippen molar-refractivity contribution in [1.82, 2.24) is 9.97 Å². The van der Waals surface area contributed by atoms with Crippen LogP contribution in [-0.2, 0) is 0 Å². The van der Waals surface area contributed by atoms with Crippen molar-refractivity contribution in [2.75, 3.05) is 42.7 Å². The molecule has 0 aliphatic heterocycles. The van der Waals surface area contributed by atoms with Crippen molar-refractivity contribution >= 4 is 34.1 Å². The van der Waals surface area contributed by atoms with Crippen LogP contribution in [-0.4, -0.2) is 64.1 Å². The highest BCUT2D eigenvalue weighted by molar-refractivity contribution is 7.13. The predicted molar refractivity (Wildman–Crippen MR) is 207 cm³/mol. The third-order valence-corrected chi connectivity index (χ3v) is 9.45. The van der Waals surface area contributed by atoms with E-state index in [9.17, 15) is 0 Å². The number of rotatable bonds is 12. The van der Waals surface area contributed by atoms with Crippen molar-refractivity contribution in [2.24, 2.45) is 21.9 Å². The number of benzene rings is 4. The molecule has 0 spiro atoms. The highest BCUT2D eigenvalue weighted by Gasteiger charge is 2.20. The second-order valence-electron chi connectivity index (χ2n) is 10.6. The molecular formula is C38H38N6O6S2. The summed E-state index contributed by atoms with van der Waals surface area (Å²) < 4.78 is 32.3. The minimum Gasteiger partial charge on any atom is -0.493 e. The van der Waals surface area contributed by atoms with Gasteiger partial charge in [-0.25, -0.2) is 9.97 Å². The molecule has 2 aromatic heterocycles. The fourth-order valence-electron chi connectivity index (χ4n) is 5.20. The van der Waals surface area contributed by atoms with E-state index in [1.165, 1.54) is 22.7 Å². The Hall–Kier alpha value is -6.12. The molecule has 6 aromatic rings. The average Bonchev–Trinajstić information content (AvgIpc) is 3.90. The molecule has 2 heterocycles. The molecule has 0 radical (unpaired) electrons. The molecule has 0 saturated heterocycles. The second kappa shape index (κ2) is 17.7. The molecule has 6 rings (SSSR count). The summed E-state index contributed by atoms with van der Waals surface area (Å²) in [7, 11) is 9.38. The first-order valence-electron chi connectivity index (χ1n) is 15.6. The van der Waals surface area contributed by atoms with Gasteiger partial charge in [-0.3, -0.25) is 0 Å². The third-order valence-electron chi connectivity index (χ3n) is 7.67. The molecule has 14 heteroatoms. The smallest absolute Gasteiger partial charge is 0.203 e. The second-order valence-corrected chi connectivity index (χ2v) is 12.3. The van der Waals surface area contributed by atoms with E-state index in [4.69, 9.17) is 40.1 Å². The van der Waals surface area contributed by atoms with Crippen LogP contribution in [0.1, 0.15) is 22.5 Å². The summed E-state index contributed by atoms with van der Waals surface area (Å²) in [5, 5.41) is 13.6. The summed E-state index contributed by atoms with van der Waals surface area (Å²) in [6, 6.07) is 27.1. The lowest BCUT2D eigenvalue weighted by Crippen LogP contribution is -2.08. The van der Waals surface area contributed by atoms with Crippen molar-refractivity contribution in [3.63, 3.8) is 0 Å². The van der Waals surface area contributed by atoms with E-state index in [0.717, 1.165) is 32.3 Å². The third kappa shape index (κ3) is 8.09. The van der Waals surface area contributed by atoms with Gasteiger partial charge in [0.2, 0.25) is 11.5 Å². The molecule has 0 atom stereocenters. The zero-order chi connectivity index (χ0) is 37.0. The molecule has 0 aliphatic rings. The maximum Gasteiger partial charge on any atom is 0.203 e. The lowest BCUT2D eigenvalue weighted by Gasteiger charge is -2.14. The molecule has 0 fully saturated rings.